The van der Waals surface area contributed by atoms with Gasteiger partial charge in [0.1, 0.15) is 0 Å². The Morgan fingerprint density at radius 2 is 1.90 bits per heavy atom. The molecule has 1 aromatic carbocycles. The lowest BCUT2D eigenvalue weighted by molar-refractivity contribution is -0.136. The summed E-state index contributed by atoms with van der Waals surface area (Å²) in [6.07, 6.45) is 0. The zero-order chi connectivity index (χ0) is 21.7. The molecule has 3 rings (SSSR count). The third-order valence-electron chi connectivity index (χ3n) is 5.50. The molecule has 0 radical (unpaired) electrons. The Kier molecular flexibility index (Phi) is 7.44. The van der Waals surface area contributed by atoms with Gasteiger partial charge in [0.15, 0.2) is 0 Å². The molecule has 2 heterocycles. The van der Waals surface area contributed by atoms with Crippen molar-refractivity contribution in [3.8, 4) is 0 Å². The molecule has 2 unspecified atom stereocenters. The minimum Gasteiger partial charge on any atom is -0.378 e. The second-order valence-electron chi connectivity index (χ2n) is 7.56. The molecular weight excluding hydrogens is 400 g/mol. The van der Waals surface area contributed by atoms with Gasteiger partial charge in [-0.1, -0.05) is 30.3 Å². The molecule has 1 aliphatic rings. The molecule has 0 spiro atoms. The molecule has 0 bridgehead atoms. The number of aromatic nitrogens is 1. The van der Waals surface area contributed by atoms with Crippen molar-refractivity contribution in [2.24, 2.45) is 0 Å². The van der Waals surface area contributed by atoms with Crippen molar-refractivity contribution in [1.82, 2.24) is 20.1 Å². The first kappa shape index (κ1) is 22.2. The van der Waals surface area contributed by atoms with Crippen LogP contribution in [-0.2, 0) is 9.53 Å². The number of urea groups is 1. The molecule has 1 fully saturated rings. The van der Waals surface area contributed by atoms with E-state index in [0.29, 0.717) is 26.3 Å². The van der Waals surface area contributed by atoms with Gasteiger partial charge in [0.05, 0.1) is 35.9 Å². The highest BCUT2D eigenvalue weighted by atomic mass is 32.1. The number of hydrogen-bond donors (Lipinski definition) is 1. The zero-order valence-electron chi connectivity index (χ0n) is 18.1. The number of benzene rings is 1. The molecule has 2 atom stereocenters. The van der Waals surface area contributed by atoms with E-state index in [2.05, 4.69) is 10.3 Å². The Balaban J connectivity index is 1.69. The molecule has 1 aliphatic heterocycles. The smallest absolute Gasteiger partial charge is 0.317 e. The lowest BCUT2D eigenvalue weighted by Crippen LogP contribution is -2.47. The second-order valence-corrected chi connectivity index (χ2v) is 8.79. The topological polar surface area (TPSA) is 74.8 Å². The second kappa shape index (κ2) is 10.0. The number of hydrogen-bond acceptors (Lipinski definition) is 5. The van der Waals surface area contributed by atoms with Gasteiger partial charge in [-0.25, -0.2) is 9.78 Å². The quantitative estimate of drug-likeness (QED) is 0.764. The number of carbonyl (C=O) groups is 2. The maximum Gasteiger partial charge on any atom is 0.317 e. The van der Waals surface area contributed by atoms with Gasteiger partial charge >= 0.3 is 6.03 Å². The Bertz CT molecular complexity index is 865. The molecule has 0 saturated carbocycles. The third kappa shape index (κ3) is 5.17. The number of ether oxygens (including phenoxy) is 1. The van der Waals surface area contributed by atoms with Crippen molar-refractivity contribution < 1.29 is 14.3 Å². The third-order valence-corrected chi connectivity index (χ3v) is 6.74. The zero-order valence-corrected chi connectivity index (χ0v) is 18.9. The van der Waals surface area contributed by atoms with Crippen LogP contribution in [-0.4, -0.2) is 66.6 Å². The SMILES string of the molecule is Cc1nc(C)c(C(C)N(C)C(=O)NCC(C(=O)N2CCOCC2)c2ccccc2)s1. The van der Waals surface area contributed by atoms with Crippen LogP contribution in [0.4, 0.5) is 4.79 Å². The monoisotopic (exact) mass is 430 g/mol. The van der Waals surface area contributed by atoms with Gasteiger partial charge in [-0.2, -0.15) is 0 Å². The summed E-state index contributed by atoms with van der Waals surface area (Å²) in [6.45, 7) is 8.43. The largest absolute Gasteiger partial charge is 0.378 e. The lowest BCUT2D eigenvalue weighted by atomic mass is 9.97. The summed E-state index contributed by atoms with van der Waals surface area (Å²) >= 11 is 1.61. The summed E-state index contributed by atoms with van der Waals surface area (Å²) < 4.78 is 5.37. The Morgan fingerprint density at radius 1 is 1.23 bits per heavy atom. The first-order valence-electron chi connectivity index (χ1n) is 10.2. The van der Waals surface area contributed by atoms with Crippen molar-refractivity contribution in [1.29, 1.82) is 0 Å². The molecule has 30 heavy (non-hydrogen) atoms. The fraction of sp³-hybridized carbons (Fsp3) is 0.500. The van der Waals surface area contributed by atoms with E-state index in [4.69, 9.17) is 4.74 Å². The molecule has 1 aromatic heterocycles. The van der Waals surface area contributed by atoms with Gasteiger partial charge in [0.2, 0.25) is 5.91 Å². The fourth-order valence-corrected chi connectivity index (χ4v) is 4.66. The Labute approximate surface area is 182 Å². The average molecular weight is 431 g/mol. The number of carbonyl (C=O) groups excluding carboxylic acids is 2. The van der Waals surface area contributed by atoms with Crippen molar-refractivity contribution >= 4 is 23.3 Å². The minimum absolute atomic E-state index is 0.0226. The van der Waals surface area contributed by atoms with Crippen LogP contribution in [0.2, 0.25) is 0 Å². The summed E-state index contributed by atoms with van der Waals surface area (Å²) in [5, 5.41) is 3.96. The molecule has 0 aliphatic carbocycles. The van der Waals surface area contributed by atoms with E-state index in [1.807, 2.05) is 56.0 Å². The van der Waals surface area contributed by atoms with Crippen LogP contribution >= 0.6 is 11.3 Å². The van der Waals surface area contributed by atoms with Crippen molar-refractivity contribution in [2.45, 2.75) is 32.7 Å². The normalized spacial score (nSPS) is 16.1. The predicted octanol–water partition coefficient (Wildman–Crippen LogP) is 3.10. The number of rotatable bonds is 6. The highest BCUT2D eigenvalue weighted by molar-refractivity contribution is 7.11. The van der Waals surface area contributed by atoms with Gasteiger partial charge in [0.25, 0.3) is 0 Å². The van der Waals surface area contributed by atoms with E-state index in [1.165, 1.54) is 0 Å². The number of morpholine rings is 1. The lowest BCUT2D eigenvalue weighted by Gasteiger charge is -2.31. The first-order valence-corrected chi connectivity index (χ1v) is 11.1. The predicted molar refractivity (Wildman–Crippen MR) is 118 cm³/mol. The molecule has 1 saturated heterocycles. The molecular formula is C22H30N4O3S. The molecule has 3 amide bonds. The molecule has 8 heteroatoms. The molecule has 7 nitrogen and oxygen atoms in total. The Morgan fingerprint density at radius 3 is 2.50 bits per heavy atom. The first-order chi connectivity index (χ1) is 14.4. The van der Waals surface area contributed by atoms with Crippen LogP contribution in [0, 0.1) is 13.8 Å². The Hall–Kier alpha value is -2.45. The van der Waals surface area contributed by atoms with Crippen molar-refractivity contribution in [2.75, 3.05) is 39.9 Å². The van der Waals surface area contributed by atoms with E-state index in [0.717, 1.165) is 21.1 Å². The summed E-state index contributed by atoms with van der Waals surface area (Å²) in [5.74, 6) is -0.404. The van der Waals surface area contributed by atoms with E-state index >= 15 is 0 Å². The maximum atomic E-state index is 13.2. The van der Waals surface area contributed by atoms with Crippen molar-refractivity contribution in [3.05, 3.63) is 51.5 Å². The standard InChI is InChI=1S/C22H30N4O3S/c1-15-20(30-17(3)24-15)16(2)25(4)22(28)23-14-19(18-8-6-5-7-9-18)21(27)26-10-12-29-13-11-26/h5-9,16,19H,10-14H2,1-4H3,(H,23,28). The van der Waals surface area contributed by atoms with Crippen LogP contribution in [0.25, 0.3) is 0 Å². The van der Waals surface area contributed by atoms with Gasteiger partial charge in [-0.05, 0) is 26.3 Å². The summed E-state index contributed by atoms with van der Waals surface area (Å²) in [5.41, 5.74) is 1.85. The molecule has 2 aromatic rings. The van der Waals surface area contributed by atoms with Crippen molar-refractivity contribution in [3.63, 3.8) is 0 Å². The van der Waals surface area contributed by atoms with E-state index in [-0.39, 0.29) is 24.5 Å². The van der Waals surface area contributed by atoms with Gasteiger partial charge in [0, 0.05) is 31.6 Å². The van der Waals surface area contributed by atoms with Crippen LogP contribution in [0.5, 0.6) is 0 Å². The summed E-state index contributed by atoms with van der Waals surface area (Å²) in [4.78, 5) is 35.1. The highest BCUT2D eigenvalue weighted by Crippen LogP contribution is 2.28. The molecule has 1 N–H and O–H groups in total. The fourth-order valence-electron chi connectivity index (χ4n) is 3.64. The minimum atomic E-state index is -0.427. The van der Waals surface area contributed by atoms with E-state index in [9.17, 15) is 9.59 Å². The van der Waals surface area contributed by atoms with Crippen LogP contribution < -0.4 is 5.32 Å². The van der Waals surface area contributed by atoms with Crippen LogP contribution in [0.3, 0.4) is 0 Å². The van der Waals surface area contributed by atoms with Gasteiger partial charge in [-0.15, -0.1) is 11.3 Å². The van der Waals surface area contributed by atoms with E-state index < -0.39 is 5.92 Å². The van der Waals surface area contributed by atoms with E-state index in [1.54, 1.807) is 23.3 Å². The molecule has 162 valence electrons. The highest BCUT2D eigenvalue weighted by Gasteiger charge is 2.29. The van der Waals surface area contributed by atoms with Crippen LogP contribution in [0.1, 0.15) is 40.0 Å². The van der Waals surface area contributed by atoms with Crippen LogP contribution in [0.15, 0.2) is 30.3 Å². The van der Waals surface area contributed by atoms with Gasteiger partial charge in [-0.3, -0.25) is 4.79 Å². The summed E-state index contributed by atoms with van der Waals surface area (Å²) in [7, 11) is 1.77. The maximum absolute atomic E-state index is 13.2. The number of amides is 3. The number of thiazole rings is 1. The summed E-state index contributed by atoms with van der Waals surface area (Å²) in [6, 6.07) is 9.33. The number of nitrogens with one attached hydrogen (secondary N) is 1. The van der Waals surface area contributed by atoms with Gasteiger partial charge < -0.3 is 19.9 Å². The number of aryl methyl sites for hydroxylation is 2. The number of nitrogens with zero attached hydrogens (tertiary/aromatic N) is 3. The average Bonchev–Trinajstić information content (AvgIpc) is 3.11.